The van der Waals surface area contributed by atoms with E-state index in [-0.39, 0.29) is 26.9 Å². The molecular formula is C25H17Cl3FNO4. The number of Topliss-reactive ketones (excluding diaryl/α,β-unsaturated/α-hetero) is 1. The van der Waals surface area contributed by atoms with Gasteiger partial charge in [0.25, 0.3) is 11.7 Å². The summed E-state index contributed by atoms with van der Waals surface area (Å²) in [5.74, 6) is -2.40. The number of rotatable bonds is 5. The first-order chi connectivity index (χ1) is 16.2. The van der Waals surface area contributed by atoms with E-state index in [4.69, 9.17) is 39.5 Å². The van der Waals surface area contributed by atoms with E-state index < -0.39 is 29.3 Å². The predicted molar refractivity (Wildman–Crippen MR) is 130 cm³/mol. The van der Waals surface area contributed by atoms with Crippen LogP contribution in [0.1, 0.15) is 24.1 Å². The molecule has 4 rings (SSSR count). The summed E-state index contributed by atoms with van der Waals surface area (Å²) in [7, 11) is 0. The van der Waals surface area contributed by atoms with Crippen LogP contribution in [0.15, 0.2) is 66.2 Å². The molecule has 1 aliphatic rings. The quantitative estimate of drug-likeness (QED) is 0.228. The summed E-state index contributed by atoms with van der Waals surface area (Å²) in [6, 6.07) is 13.2. The monoisotopic (exact) mass is 519 g/mol. The standard InChI is InChI=1S/C25H17Cl3FNO4/c1-2-34-20-11-14(5-9-18(20)27)23(31)21-22(13-3-6-15(29)7-4-13)30(25(33)24(21)32)16-8-10-17(26)19(28)12-16/h3-12,22,31H,2H2,1H3/b23-21+. The maximum Gasteiger partial charge on any atom is 0.300 e. The maximum absolute atomic E-state index is 13.7. The Morgan fingerprint density at radius 2 is 1.65 bits per heavy atom. The van der Waals surface area contributed by atoms with Crippen LogP contribution in [0.2, 0.25) is 15.1 Å². The van der Waals surface area contributed by atoms with Gasteiger partial charge in [0.1, 0.15) is 17.3 Å². The first-order valence-electron chi connectivity index (χ1n) is 10.2. The molecule has 0 spiro atoms. The predicted octanol–water partition coefficient (Wildman–Crippen LogP) is 6.81. The Kier molecular flexibility index (Phi) is 6.84. The van der Waals surface area contributed by atoms with Crippen LogP contribution >= 0.6 is 34.8 Å². The Bertz CT molecular complexity index is 1320. The third-order valence-electron chi connectivity index (χ3n) is 5.32. The molecule has 3 aromatic carbocycles. The Labute approximate surface area is 209 Å². The van der Waals surface area contributed by atoms with Crippen molar-refractivity contribution in [3.63, 3.8) is 0 Å². The minimum atomic E-state index is -1.05. The minimum Gasteiger partial charge on any atom is -0.507 e. The number of carbonyl (C=O) groups is 2. The van der Waals surface area contributed by atoms with Crippen molar-refractivity contribution in [3.8, 4) is 5.75 Å². The van der Waals surface area contributed by atoms with Crippen LogP contribution in [0.4, 0.5) is 10.1 Å². The van der Waals surface area contributed by atoms with Gasteiger partial charge in [0.15, 0.2) is 0 Å². The molecule has 1 heterocycles. The van der Waals surface area contributed by atoms with Crippen molar-refractivity contribution in [2.24, 2.45) is 0 Å². The van der Waals surface area contributed by atoms with Crippen molar-refractivity contribution in [2.45, 2.75) is 13.0 Å². The number of hydrogen-bond acceptors (Lipinski definition) is 4. The van der Waals surface area contributed by atoms with Crippen molar-refractivity contribution < 1.29 is 23.8 Å². The number of ether oxygens (including phenoxy) is 1. The van der Waals surface area contributed by atoms with E-state index in [1.807, 2.05) is 0 Å². The molecule has 3 aromatic rings. The Hall–Kier alpha value is -3.06. The number of carbonyl (C=O) groups excluding carboxylic acids is 2. The maximum atomic E-state index is 13.7. The average molecular weight is 521 g/mol. The number of benzene rings is 3. The number of aliphatic hydroxyl groups is 1. The number of halogens is 4. The second-order valence-electron chi connectivity index (χ2n) is 7.40. The highest BCUT2D eigenvalue weighted by Crippen LogP contribution is 2.43. The van der Waals surface area contributed by atoms with Crippen molar-refractivity contribution in [1.29, 1.82) is 0 Å². The van der Waals surface area contributed by atoms with Crippen LogP contribution in [0.5, 0.6) is 5.75 Å². The van der Waals surface area contributed by atoms with Crippen LogP contribution in [0.3, 0.4) is 0 Å². The van der Waals surface area contributed by atoms with E-state index in [2.05, 4.69) is 0 Å². The zero-order chi connectivity index (χ0) is 24.6. The molecule has 1 atom stereocenters. The molecule has 1 amide bonds. The number of nitrogens with zero attached hydrogens (tertiary/aromatic N) is 1. The van der Waals surface area contributed by atoms with E-state index in [0.29, 0.717) is 22.9 Å². The average Bonchev–Trinajstić information content (AvgIpc) is 3.08. The molecule has 0 aromatic heterocycles. The van der Waals surface area contributed by atoms with Gasteiger partial charge in [0.05, 0.1) is 33.3 Å². The van der Waals surface area contributed by atoms with Gasteiger partial charge >= 0.3 is 0 Å². The zero-order valence-corrected chi connectivity index (χ0v) is 20.0. The summed E-state index contributed by atoms with van der Waals surface area (Å²) in [5.41, 5.74) is 0.753. The summed E-state index contributed by atoms with van der Waals surface area (Å²) in [5, 5.41) is 12.0. The summed E-state index contributed by atoms with van der Waals surface area (Å²) >= 11 is 18.3. The van der Waals surface area contributed by atoms with E-state index >= 15 is 0 Å². The molecule has 0 aliphatic carbocycles. The lowest BCUT2D eigenvalue weighted by molar-refractivity contribution is -0.132. The van der Waals surface area contributed by atoms with Crippen molar-refractivity contribution >= 4 is 57.9 Å². The molecule has 0 bridgehead atoms. The smallest absolute Gasteiger partial charge is 0.300 e. The molecule has 1 fully saturated rings. The number of amides is 1. The van der Waals surface area contributed by atoms with E-state index in [9.17, 15) is 19.1 Å². The van der Waals surface area contributed by atoms with Crippen molar-refractivity contribution in [2.75, 3.05) is 11.5 Å². The SMILES string of the molecule is CCOc1cc(/C(O)=C2\C(=O)C(=O)N(c3ccc(Cl)c(Cl)c3)C2c2ccc(F)cc2)ccc1Cl. The summed E-state index contributed by atoms with van der Waals surface area (Å²) < 4.78 is 19.1. The van der Waals surface area contributed by atoms with Gasteiger partial charge in [0, 0.05) is 11.3 Å². The van der Waals surface area contributed by atoms with E-state index in [0.717, 1.165) is 0 Å². The lowest BCUT2D eigenvalue weighted by Crippen LogP contribution is -2.29. The van der Waals surface area contributed by atoms with Gasteiger partial charge in [-0.2, -0.15) is 0 Å². The third kappa shape index (κ3) is 4.37. The highest BCUT2D eigenvalue weighted by molar-refractivity contribution is 6.52. The van der Waals surface area contributed by atoms with Gasteiger partial charge in [-0.25, -0.2) is 4.39 Å². The Morgan fingerprint density at radius 1 is 0.971 bits per heavy atom. The molecule has 5 nitrogen and oxygen atoms in total. The van der Waals surface area contributed by atoms with Crippen LogP contribution in [0.25, 0.3) is 5.76 Å². The van der Waals surface area contributed by atoms with Gasteiger partial charge < -0.3 is 9.84 Å². The fourth-order valence-corrected chi connectivity index (χ4v) is 4.23. The van der Waals surface area contributed by atoms with Gasteiger partial charge in [-0.1, -0.05) is 46.9 Å². The zero-order valence-electron chi connectivity index (χ0n) is 17.7. The number of anilines is 1. The lowest BCUT2D eigenvalue weighted by atomic mass is 9.95. The summed E-state index contributed by atoms with van der Waals surface area (Å²) in [6.07, 6.45) is 0. The second kappa shape index (κ2) is 9.66. The van der Waals surface area contributed by atoms with Gasteiger partial charge in [-0.15, -0.1) is 0 Å². The normalized spacial score (nSPS) is 17.3. The molecule has 1 aliphatic heterocycles. The van der Waals surface area contributed by atoms with Gasteiger partial charge in [0.2, 0.25) is 0 Å². The molecule has 1 unspecified atom stereocenters. The third-order valence-corrected chi connectivity index (χ3v) is 6.37. The molecule has 1 N–H and O–H groups in total. The molecule has 34 heavy (non-hydrogen) atoms. The second-order valence-corrected chi connectivity index (χ2v) is 8.62. The topological polar surface area (TPSA) is 66.8 Å². The summed E-state index contributed by atoms with van der Waals surface area (Å²) in [4.78, 5) is 27.5. The van der Waals surface area contributed by atoms with Crippen molar-refractivity contribution in [1.82, 2.24) is 0 Å². The van der Waals surface area contributed by atoms with E-state index in [1.165, 1.54) is 65.6 Å². The Balaban J connectivity index is 1.94. The molecule has 0 saturated carbocycles. The number of aliphatic hydroxyl groups excluding tert-OH is 1. The highest BCUT2D eigenvalue weighted by atomic mass is 35.5. The molecule has 0 radical (unpaired) electrons. The highest BCUT2D eigenvalue weighted by Gasteiger charge is 2.47. The first-order valence-corrected chi connectivity index (χ1v) is 11.3. The molecule has 1 saturated heterocycles. The molecule has 9 heteroatoms. The van der Waals surface area contributed by atoms with Crippen LogP contribution in [0, 0.1) is 5.82 Å². The van der Waals surface area contributed by atoms with Gasteiger partial charge in [-0.05, 0) is 61.0 Å². The van der Waals surface area contributed by atoms with Crippen LogP contribution in [-0.2, 0) is 9.59 Å². The number of ketones is 1. The first kappa shape index (κ1) is 24.1. The van der Waals surface area contributed by atoms with E-state index in [1.54, 1.807) is 6.92 Å². The van der Waals surface area contributed by atoms with Crippen LogP contribution < -0.4 is 9.64 Å². The molecule has 174 valence electrons. The number of hydrogen-bond donors (Lipinski definition) is 1. The fraction of sp³-hybridized carbons (Fsp3) is 0.120. The summed E-state index contributed by atoms with van der Waals surface area (Å²) in [6.45, 7) is 2.11. The van der Waals surface area contributed by atoms with Gasteiger partial charge in [-0.3, -0.25) is 14.5 Å². The minimum absolute atomic E-state index is 0.174. The van der Waals surface area contributed by atoms with Crippen molar-refractivity contribution in [3.05, 3.63) is 98.2 Å². The Morgan fingerprint density at radius 3 is 2.29 bits per heavy atom. The lowest BCUT2D eigenvalue weighted by Gasteiger charge is -2.25. The fourth-order valence-electron chi connectivity index (χ4n) is 3.77. The molecular weight excluding hydrogens is 504 g/mol. The van der Waals surface area contributed by atoms with Crippen LogP contribution in [-0.4, -0.2) is 23.4 Å². The largest absolute Gasteiger partial charge is 0.507 e.